The monoisotopic (exact) mass is 290 g/mol. The number of halogens is 1. The molecule has 56 valence electrons. The predicted octanol–water partition coefficient (Wildman–Crippen LogP) is 0.869. The van der Waals surface area contributed by atoms with E-state index in [0.717, 1.165) is 0 Å². The molecule has 0 aliphatic carbocycles. The summed E-state index contributed by atoms with van der Waals surface area (Å²) in [5.41, 5.74) is 0. The van der Waals surface area contributed by atoms with E-state index < -0.39 is 17.8 Å². The molecule has 10 heavy (non-hydrogen) atoms. The highest BCUT2D eigenvalue weighted by atomic mass is 127. The third-order valence-electron chi connectivity index (χ3n) is 0.959. The fourth-order valence-corrected chi connectivity index (χ4v) is 4.38. The van der Waals surface area contributed by atoms with Crippen LogP contribution < -0.4 is 0 Å². The van der Waals surface area contributed by atoms with Gasteiger partial charge in [0, 0.05) is 5.41 Å². The van der Waals surface area contributed by atoms with Crippen LogP contribution in [0.25, 0.3) is 0 Å². The van der Waals surface area contributed by atoms with E-state index >= 15 is 0 Å². The van der Waals surface area contributed by atoms with E-state index in [2.05, 4.69) is 0 Å². The minimum atomic E-state index is -2.87. The topological polar surface area (TPSA) is 51.2 Å². The first-order valence-corrected chi connectivity index (χ1v) is 6.54. The standard InChI is InChI=1S/C4H3IO3S2/c5-4-2-1-3-10(4,8)9(6)7/h1-3H. The SMILES string of the molecule is O=S(=O)=S1(=O)C=CC=C1I. The minimum absolute atomic E-state index is 0.374. The van der Waals surface area contributed by atoms with E-state index in [9.17, 15) is 12.6 Å². The molecular formula is C4H3IO3S2. The van der Waals surface area contributed by atoms with Crippen molar-refractivity contribution < 1.29 is 12.6 Å². The van der Waals surface area contributed by atoms with Crippen molar-refractivity contribution in [3.8, 4) is 0 Å². The normalized spacial score (nSPS) is 30.3. The third kappa shape index (κ3) is 1.15. The zero-order valence-corrected chi connectivity index (χ0v) is 8.44. The Morgan fingerprint density at radius 2 is 2.10 bits per heavy atom. The Morgan fingerprint density at radius 3 is 2.30 bits per heavy atom. The van der Waals surface area contributed by atoms with Crippen LogP contribution in [0.5, 0.6) is 0 Å². The van der Waals surface area contributed by atoms with Crippen molar-refractivity contribution in [3.05, 3.63) is 20.5 Å². The average Bonchev–Trinajstić information content (AvgIpc) is 2.15. The quantitative estimate of drug-likeness (QED) is 0.622. The Bertz CT molecular complexity index is 411. The Balaban J connectivity index is 3.75. The molecule has 0 saturated heterocycles. The first kappa shape index (κ1) is 8.28. The van der Waals surface area contributed by atoms with Gasteiger partial charge in [-0.1, -0.05) is 6.08 Å². The van der Waals surface area contributed by atoms with Crippen molar-refractivity contribution in [2.75, 3.05) is 0 Å². The lowest BCUT2D eigenvalue weighted by Crippen LogP contribution is -1.90. The van der Waals surface area contributed by atoms with Gasteiger partial charge >= 0.3 is 0 Å². The van der Waals surface area contributed by atoms with Crippen LogP contribution in [0.4, 0.5) is 0 Å². The number of hydrogen-bond acceptors (Lipinski definition) is 3. The van der Waals surface area contributed by atoms with Gasteiger partial charge in [-0.2, -0.15) is 8.42 Å². The summed E-state index contributed by atoms with van der Waals surface area (Å²) >= 11 is 1.76. The Hall–Kier alpha value is 0.180. The first-order valence-electron chi connectivity index (χ1n) is 2.25. The second-order valence-corrected chi connectivity index (χ2v) is 7.95. The van der Waals surface area contributed by atoms with Gasteiger partial charge in [-0.05, 0) is 28.7 Å². The van der Waals surface area contributed by atoms with Gasteiger partial charge in [0.25, 0.3) is 9.26 Å². The maximum atomic E-state index is 11.2. The van der Waals surface area contributed by atoms with Crippen LogP contribution in [0.3, 0.4) is 0 Å². The molecule has 6 heteroatoms. The summed E-state index contributed by atoms with van der Waals surface area (Å²) in [6.07, 6.45) is 3.01. The highest BCUT2D eigenvalue weighted by molar-refractivity contribution is 14.1. The van der Waals surface area contributed by atoms with E-state index in [1.807, 2.05) is 0 Å². The van der Waals surface area contributed by atoms with E-state index in [0.29, 0.717) is 2.91 Å². The molecule has 0 aromatic rings. The van der Waals surface area contributed by atoms with Crippen LogP contribution in [0.1, 0.15) is 0 Å². The Morgan fingerprint density at radius 1 is 1.50 bits per heavy atom. The Labute approximate surface area is 73.2 Å². The zero-order valence-electron chi connectivity index (χ0n) is 4.65. The molecule has 0 bridgehead atoms. The minimum Gasteiger partial charge on any atom is -0.243 e. The van der Waals surface area contributed by atoms with Crippen molar-refractivity contribution in [2.45, 2.75) is 0 Å². The fraction of sp³-hybridized carbons (Fsp3) is 0. The molecule has 1 atom stereocenters. The molecule has 1 aliphatic rings. The largest absolute Gasteiger partial charge is 0.277 e. The number of allylic oxidation sites excluding steroid dienone is 2. The molecule has 1 aliphatic heterocycles. The van der Waals surface area contributed by atoms with Crippen LogP contribution in [-0.4, -0.2) is 12.6 Å². The zero-order chi connectivity index (χ0) is 7.78. The van der Waals surface area contributed by atoms with Gasteiger partial charge in [-0.25, -0.2) is 4.21 Å². The van der Waals surface area contributed by atoms with Gasteiger partial charge in [-0.15, -0.1) is 0 Å². The summed E-state index contributed by atoms with van der Waals surface area (Å²) in [5.74, 6) is 0. The van der Waals surface area contributed by atoms with Gasteiger partial charge in [0.2, 0.25) is 0 Å². The second-order valence-electron chi connectivity index (χ2n) is 1.55. The molecular weight excluding hydrogens is 287 g/mol. The van der Waals surface area contributed by atoms with E-state index in [-0.39, 0.29) is 0 Å². The van der Waals surface area contributed by atoms with Crippen LogP contribution in [0, 0.1) is 0 Å². The van der Waals surface area contributed by atoms with E-state index in [1.54, 1.807) is 22.6 Å². The average molecular weight is 290 g/mol. The smallest absolute Gasteiger partial charge is 0.243 e. The first-order chi connectivity index (χ1) is 4.57. The lowest BCUT2D eigenvalue weighted by atomic mass is 10.6. The Kier molecular flexibility index (Phi) is 2.21. The summed E-state index contributed by atoms with van der Waals surface area (Å²) < 4.78 is 32.3. The number of hydrogen-bond donors (Lipinski definition) is 0. The summed E-state index contributed by atoms with van der Waals surface area (Å²) in [4.78, 5) is 0. The summed E-state index contributed by atoms with van der Waals surface area (Å²) in [7, 11) is -5.39. The van der Waals surface area contributed by atoms with Gasteiger partial charge in [0.15, 0.2) is 0 Å². The fourth-order valence-electron chi connectivity index (χ4n) is 0.489. The number of rotatable bonds is 0. The van der Waals surface area contributed by atoms with Crippen molar-refractivity contribution in [1.82, 2.24) is 0 Å². The molecule has 3 nitrogen and oxygen atoms in total. The summed E-state index contributed by atoms with van der Waals surface area (Å²) in [5, 5.41) is 1.21. The molecule has 0 N–H and O–H groups in total. The molecule has 1 heterocycles. The molecule has 1 rings (SSSR count). The molecule has 1 unspecified atom stereocenters. The van der Waals surface area contributed by atoms with E-state index in [4.69, 9.17) is 0 Å². The molecule has 0 aromatic heterocycles. The maximum absolute atomic E-state index is 11.2. The van der Waals surface area contributed by atoms with Crippen LogP contribution in [-0.2, 0) is 17.8 Å². The van der Waals surface area contributed by atoms with Gasteiger partial charge in [0.1, 0.15) is 8.49 Å². The molecule has 0 amide bonds. The third-order valence-corrected chi connectivity index (χ3v) is 7.86. The van der Waals surface area contributed by atoms with Crippen LogP contribution in [0.2, 0.25) is 0 Å². The van der Waals surface area contributed by atoms with Gasteiger partial charge < -0.3 is 0 Å². The molecule has 0 radical (unpaired) electrons. The molecule has 0 aromatic carbocycles. The highest BCUT2D eigenvalue weighted by Gasteiger charge is 2.14. The molecule has 0 fully saturated rings. The van der Waals surface area contributed by atoms with Gasteiger partial charge in [0.05, 0.1) is 2.91 Å². The molecule has 0 saturated carbocycles. The van der Waals surface area contributed by atoms with E-state index in [1.165, 1.54) is 17.6 Å². The van der Waals surface area contributed by atoms with Crippen molar-refractivity contribution in [3.63, 3.8) is 0 Å². The maximum Gasteiger partial charge on any atom is 0.277 e. The van der Waals surface area contributed by atoms with Gasteiger partial charge in [-0.3, -0.25) is 0 Å². The van der Waals surface area contributed by atoms with Crippen LogP contribution in [0.15, 0.2) is 20.5 Å². The van der Waals surface area contributed by atoms with Crippen molar-refractivity contribution in [2.24, 2.45) is 0 Å². The van der Waals surface area contributed by atoms with Crippen LogP contribution >= 0.6 is 22.6 Å². The lowest BCUT2D eigenvalue weighted by Gasteiger charge is -1.88. The predicted molar refractivity (Wildman–Crippen MR) is 48.3 cm³/mol. The molecule has 0 spiro atoms. The summed E-state index contributed by atoms with van der Waals surface area (Å²) in [6.45, 7) is 0. The van der Waals surface area contributed by atoms with Crippen molar-refractivity contribution in [1.29, 1.82) is 0 Å². The summed E-state index contributed by atoms with van der Waals surface area (Å²) in [6, 6.07) is 0. The highest BCUT2D eigenvalue weighted by Crippen LogP contribution is 2.23. The van der Waals surface area contributed by atoms with Crippen molar-refractivity contribution >= 4 is 40.3 Å². The second kappa shape index (κ2) is 2.67. The lowest BCUT2D eigenvalue weighted by molar-refractivity contribution is 0.625.